The summed E-state index contributed by atoms with van der Waals surface area (Å²) in [5.41, 5.74) is 2.79. The van der Waals surface area contributed by atoms with E-state index in [1.165, 1.54) is 6.92 Å². The van der Waals surface area contributed by atoms with Crippen molar-refractivity contribution in [3.63, 3.8) is 0 Å². The van der Waals surface area contributed by atoms with Gasteiger partial charge >= 0.3 is 0 Å². The average Bonchev–Trinajstić information content (AvgIpc) is 3.27. The Balaban J connectivity index is 1.62. The van der Waals surface area contributed by atoms with Crippen molar-refractivity contribution in [3.05, 3.63) is 65.2 Å². The van der Waals surface area contributed by atoms with E-state index in [1.54, 1.807) is 36.4 Å². The number of likely N-dealkylation sites (tertiary alicyclic amines) is 1. The molecule has 1 N–H and O–H groups in total. The van der Waals surface area contributed by atoms with E-state index >= 15 is 0 Å². The van der Waals surface area contributed by atoms with Crippen LogP contribution >= 0.6 is 0 Å². The molecule has 0 saturated carbocycles. The molecule has 1 fully saturated rings. The first kappa shape index (κ1) is 24.0. The van der Waals surface area contributed by atoms with Crippen molar-refractivity contribution in [2.24, 2.45) is 0 Å². The predicted octanol–water partition coefficient (Wildman–Crippen LogP) is 4.16. The van der Waals surface area contributed by atoms with Gasteiger partial charge in [-0.1, -0.05) is 45.0 Å². The van der Waals surface area contributed by atoms with Gasteiger partial charge in [0.15, 0.2) is 9.84 Å². The Bertz CT molecular complexity index is 1060. The summed E-state index contributed by atoms with van der Waals surface area (Å²) in [6.07, 6.45) is 2.03. The Morgan fingerprint density at radius 3 is 2.06 bits per heavy atom. The minimum Gasteiger partial charge on any atom is -0.339 e. The summed E-state index contributed by atoms with van der Waals surface area (Å²) in [5.74, 6) is -0.848. The SMILES string of the molecule is CC(C(=O)Nc1ccc(C(C)(C)C)cc1)S(=O)(=O)Cc1ccc(C(=O)N2CCCC2)cc1. The van der Waals surface area contributed by atoms with Gasteiger partial charge in [-0.3, -0.25) is 9.59 Å². The van der Waals surface area contributed by atoms with Crippen molar-refractivity contribution in [2.45, 2.75) is 57.0 Å². The third kappa shape index (κ3) is 5.76. The van der Waals surface area contributed by atoms with Crippen molar-refractivity contribution >= 4 is 27.3 Å². The Morgan fingerprint density at radius 1 is 0.969 bits per heavy atom. The quantitative estimate of drug-likeness (QED) is 0.707. The number of sulfone groups is 1. The second-order valence-corrected chi connectivity index (χ2v) is 11.8. The van der Waals surface area contributed by atoms with Crippen LogP contribution in [0, 0.1) is 0 Å². The number of anilines is 1. The zero-order valence-corrected chi connectivity index (χ0v) is 20.0. The molecule has 1 atom stereocenters. The highest BCUT2D eigenvalue weighted by atomic mass is 32.2. The first-order chi connectivity index (χ1) is 15.0. The smallest absolute Gasteiger partial charge is 0.253 e. The highest BCUT2D eigenvalue weighted by Gasteiger charge is 2.28. The molecule has 0 radical (unpaired) electrons. The van der Waals surface area contributed by atoms with Crippen LogP contribution in [0.3, 0.4) is 0 Å². The Hall–Kier alpha value is -2.67. The molecule has 0 spiro atoms. The van der Waals surface area contributed by atoms with E-state index in [0.717, 1.165) is 31.5 Å². The lowest BCUT2D eigenvalue weighted by Crippen LogP contribution is -2.33. The second-order valence-electron chi connectivity index (χ2n) is 9.46. The van der Waals surface area contributed by atoms with E-state index in [1.807, 2.05) is 17.0 Å². The summed E-state index contributed by atoms with van der Waals surface area (Å²) in [6.45, 7) is 9.23. The van der Waals surface area contributed by atoms with Crippen molar-refractivity contribution in [1.29, 1.82) is 0 Å². The molecule has 1 saturated heterocycles. The van der Waals surface area contributed by atoms with Gasteiger partial charge in [-0.05, 0) is 60.6 Å². The number of carbonyl (C=O) groups is 2. The zero-order valence-electron chi connectivity index (χ0n) is 19.2. The summed E-state index contributed by atoms with van der Waals surface area (Å²) < 4.78 is 25.6. The van der Waals surface area contributed by atoms with E-state index in [0.29, 0.717) is 16.8 Å². The van der Waals surface area contributed by atoms with Gasteiger partial charge < -0.3 is 10.2 Å². The summed E-state index contributed by atoms with van der Waals surface area (Å²) >= 11 is 0. The molecule has 7 heteroatoms. The number of benzene rings is 2. The van der Waals surface area contributed by atoms with Crippen LogP contribution < -0.4 is 5.32 Å². The lowest BCUT2D eigenvalue weighted by Gasteiger charge is -2.19. The summed E-state index contributed by atoms with van der Waals surface area (Å²) in [6, 6.07) is 14.1. The maximum Gasteiger partial charge on any atom is 0.253 e. The zero-order chi connectivity index (χ0) is 23.5. The fourth-order valence-electron chi connectivity index (χ4n) is 3.66. The van der Waals surface area contributed by atoms with E-state index in [4.69, 9.17) is 0 Å². The topological polar surface area (TPSA) is 83.5 Å². The van der Waals surface area contributed by atoms with Crippen molar-refractivity contribution < 1.29 is 18.0 Å². The van der Waals surface area contributed by atoms with Crippen LogP contribution in [-0.4, -0.2) is 43.5 Å². The van der Waals surface area contributed by atoms with E-state index in [2.05, 4.69) is 26.1 Å². The Labute approximate surface area is 190 Å². The maximum absolute atomic E-state index is 12.8. The normalized spacial score (nSPS) is 15.4. The number of amides is 2. The third-order valence-corrected chi connectivity index (χ3v) is 7.92. The molecule has 1 aliphatic heterocycles. The predicted molar refractivity (Wildman–Crippen MR) is 127 cm³/mol. The Morgan fingerprint density at radius 2 is 1.53 bits per heavy atom. The molecule has 3 rings (SSSR count). The van der Waals surface area contributed by atoms with Crippen LogP contribution in [0.1, 0.15) is 62.0 Å². The second kappa shape index (κ2) is 9.45. The minimum atomic E-state index is -3.72. The van der Waals surface area contributed by atoms with Gasteiger partial charge in [0.1, 0.15) is 5.25 Å². The molecule has 1 unspecified atom stereocenters. The molecule has 0 aliphatic carbocycles. The molecule has 0 aromatic heterocycles. The number of nitrogens with zero attached hydrogens (tertiary/aromatic N) is 1. The van der Waals surface area contributed by atoms with Crippen molar-refractivity contribution in [3.8, 4) is 0 Å². The number of carbonyl (C=O) groups excluding carboxylic acids is 2. The van der Waals surface area contributed by atoms with E-state index < -0.39 is 21.0 Å². The molecule has 1 aliphatic rings. The molecular formula is C25H32N2O4S. The van der Waals surface area contributed by atoms with Gasteiger partial charge in [-0.2, -0.15) is 0 Å². The summed E-state index contributed by atoms with van der Waals surface area (Å²) in [4.78, 5) is 26.8. The van der Waals surface area contributed by atoms with Crippen LogP contribution in [0.5, 0.6) is 0 Å². The van der Waals surface area contributed by atoms with Gasteiger partial charge in [0.05, 0.1) is 5.75 Å². The first-order valence-corrected chi connectivity index (χ1v) is 12.7. The molecule has 2 aromatic carbocycles. The fraction of sp³-hybridized carbons (Fsp3) is 0.440. The highest BCUT2D eigenvalue weighted by molar-refractivity contribution is 7.92. The van der Waals surface area contributed by atoms with Crippen LogP contribution in [0.4, 0.5) is 5.69 Å². The summed E-state index contributed by atoms with van der Waals surface area (Å²) in [7, 11) is -3.72. The number of nitrogens with one attached hydrogen (secondary N) is 1. The van der Waals surface area contributed by atoms with Gasteiger partial charge in [-0.25, -0.2) is 8.42 Å². The van der Waals surface area contributed by atoms with Gasteiger partial charge in [0, 0.05) is 24.3 Å². The van der Waals surface area contributed by atoms with Gasteiger partial charge in [-0.15, -0.1) is 0 Å². The highest BCUT2D eigenvalue weighted by Crippen LogP contribution is 2.24. The molecule has 2 aromatic rings. The molecule has 172 valence electrons. The number of hydrogen-bond donors (Lipinski definition) is 1. The Kier molecular flexibility index (Phi) is 7.08. The standard InChI is InChI=1S/C25H32N2O4S/c1-18(23(28)26-22-13-11-21(12-14-22)25(2,3)4)32(30,31)17-19-7-9-20(10-8-19)24(29)27-15-5-6-16-27/h7-14,18H,5-6,15-17H2,1-4H3,(H,26,28). The maximum atomic E-state index is 12.8. The van der Waals surface area contributed by atoms with Crippen LogP contribution in [0.15, 0.2) is 48.5 Å². The van der Waals surface area contributed by atoms with Crippen molar-refractivity contribution in [2.75, 3.05) is 18.4 Å². The third-order valence-electron chi connectivity index (χ3n) is 5.89. The monoisotopic (exact) mass is 456 g/mol. The van der Waals surface area contributed by atoms with Gasteiger partial charge in [0.25, 0.3) is 5.91 Å². The molecule has 1 heterocycles. The van der Waals surface area contributed by atoms with Crippen molar-refractivity contribution in [1.82, 2.24) is 4.90 Å². The van der Waals surface area contributed by atoms with Gasteiger partial charge in [0.2, 0.25) is 5.91 Å². The first-order valence-electron chi connectivity index (χ1n) is 11.0. The number of rotatable bonds is 6. The number of hydrogen-bond acceptors (Lipinski definition) is 4. The molecule has 2 amide bonds. The van der Waals surface area contributed by atoms with Crippen LogP contribution in [0.25, 0.3) is 0 Å². The molecular weight excluding hydrogens is 424 g/mol. The fourth-order valence-corrected chi connectivity index (χ4v) is 4.96. The minimum absolute atomic E-state index is 0.00614. The lowest BCUT2D eigenvalue weighted by molar-refractivity contribution is -0.115. The van der Waals surface area contributed by atoms with Crippen LogP contribution in [0.2, 0.25) is 0 Å². The molecule has 6 nitrogen and oxygen atoms in total. The average molecular weight is 457 g/mol. The summed E-state index contributed by atoms with van der Waals surface area (Å²) in [5, 5.41) is 1.50. The largest absolute Gasteiger partial charge is 0.339 e. The molecule has 0 bridgehead atoms. The van der Waals surface area contributed by atoms with Crippen LogP contribution in [-0.2, 0) is 25.8 Å². The van der Waals surface area contributed by atoms with E-state index in [-0.39, 0.29) is 17.1 Å². The molecule has 32 heavy (non-hydrogen) atoms. The lowest BCUT2D eigenvalue weighted by atomic mass is 9.87. The van der Waals surface area contributed by atoms with E-state index in [9.17, 15) is 18.0 Å².